The number of fused-ring (bicyclic) bond motifs is 1. The third-order valence-corrected chi connectivity index (χ3v) is 10.9. The molecule has 6 nitrogen and oxygen atoms in total. The van der Waals surface area contributed by atoms with Gasteiger partial charge in [0, 0.05) is 28.5 Å². The van der Waals surface area contributed by atoms with E-state index < -0.39 is 6.17 Å². The van der Waals surface area contributed by atoms with E-state index in [1.807, 2.05) is 54.6 Å². The fourth-order valence-electron chi connectivity index (χ4n) is 6.76. The molecule has 6 N–H and O–H groups in total. The van der Waals surface area contributed by atoms with Gasteiger partial charge in [0.15, 0.2) is 5.84 Å². The zero-order valence-corrected chi connectivity index (χ0v) is 36.7. The predicted molar refractivity (Wildman–Crippen MR) is 266 cm³/mol. The van der Waals surface area contributed by atoms with E-state index in [2.05, 4.69) is 169 Å². The standard InChI is InChI=1S/C50H48I2N6/c51-33-12-2-1-9-27-46(53)57-47(54)28-14-22-41(34-52)43-24-15-26-45(44-25-13-21-37-18-10-11-23-42(37)44)48(43)38-29-31-39(32-30-38)49(55)58-50(40-19-7-4-8-20-40)56-35-36-16-5-3-6-17-36/h1-5,7-11,13-16,18-27,29-32,34,47H,6,12,17,28,33,35,54H2,(H2,53,57)(H2,55,56,58)/b2-1-,22-14-,27-9+,41-34+. The fourth-order valence-corrected chi connectivity index (χ4v) is 7.66. The lowest BCUT2D eigenvalue weighted by Gasteiger charge is -2.18. The van der Waals surface area contributed by atoms with Crippen LogP contribution in [0.5, 0.6) is 0 Å². The molecule has 0 fully saturated rings. The summed E-state index contributed by atoms with van der Waals surface area (Å²) >= 11 is 4.67. The molecule has 0 spiro atoms. The minimum absolute atomic E-state index is 0.191. The van der Waals surface area contributed by atoms with Crippen LogP contribution < -0.4 is 16.8 Å². The maximum absolute atomic E-state index is 9.12. The van der Waals surface area contributed by atoms with Crippen LogP contribution in [0.2, 0.25) is 0 Å². The van der Waals surface area contributed by atoms with Crippen molar-refractivity contribution in [3.8, 4) is 22.3 Å². The molecule has 6 rings (SSSR count). The quantitative estimate of drug-likeness (QED) is 0.0275. The topological polar surface area (TPSA) is 113 Å². The van der Waals surface area contributed by atoms with Gasteiger partial charge < -0.3 is 16.8 Å². The van der Waals surface area contributed by atoms with E-state index in [0.717, 1.165) is 68.2 Å². The van der Waals surface area contributed by atoms with Crippen molar-refractivity contribution in [1.29, 1.82) is 5.41 Å². The number of rotatable bonds is 15. The van der Waals surface area contributed by atoms with Gasteiger partial charge in [-0.1, -0.05) is 215 Å². The number of amidine groups is 3. The molecule has 5 aromatic rings. The highest BCUT2D eigenvalue weighted by atomic mass is 127. The molecule has 1 atom stereocenters. The normalized spacial score (nSPS) is 14.5. The highest BCUT2D eigenvalue weighted by molar-refractivity contribution is 14.1. The van der Waals surface area contributed by atoms with Gasteiger partial charge in [-0.3, -0.25) is 5.41 Å². The Bertz CT molecular complexity index is 2430. The summed E-state index contributed by atoms with van der Waals surface area (Å²) < 4.78 is 3.18. The number of nitrogens with one attached hydrogen (secondary N) is 2. The van der Waals surface area contributed by atoms with Crippen LogP contribution in [0.15, 0.2) is 190 Å². The maximum atomic E-state index is 9.12. The number of benzene rings is 5. The van der Waals surface area contributed by atoms with Crippen molar-refractivity contribution in [3.05, 3.63) is 196 Å². The first-order chi connectivity index (χ1) is 28.4. The average molecular weight is 987 g/mol. The Balaban J connectivity index is 1.33. The Hall–Kier alpha value is -5.17. The summed E-state index contributed by atoms with van der Waals surface area (Å²) in [4.78, 5) is 9.31. The average Bonchev–Trinajstić information content (AvgIpc) is 3.26. The SMILES string of the molecule is N=C(/N=C(\NCC1=CC=CCC1)c1ccccc1)c1ccc(-c2c(C(/C=C\CC(N)/N=C(N)/C=C/C=C\CCI)=C/I)cccc2-c2cccc3ccccc23)cc1. The number of alkyl halides is 1. The number of hydrogen-bond acceptors (Lipinski definition) is 3. The van der Waals surface area contributed by atoms with Crippen LogP contribution in [0, 0.1) is 5.41 Å². The first-order valence-corrected chi connectivity index (χ1v) is 22.2. The Kier molecular flexibility index (Phi) is 16.2. The van der Waals surface area contributed by atoms with Gasteiger partial charge in [-0.15, -0.1) is 0 Å². The van der Waals surface area contributed by atoms with Gasteiger partial charge in [-0.05, 0) is 73.6 Å². The van der Waals surface area contributed by atoms with Crippen molar-refractivity contribution in [2.75, 3.05) is 11.0 Å². The van der Waals surface area contributed by atoms with Crippen LogP contribution in [0.4, 0.5) is 0 Å². The first-order valence-electron chi connectivity index (χ1n) is 19.4. The highest BCUT2D eigenvalue weighted by Crippen LogP contribution is 2.41. The molecule has 0 aliphatic heterocycles. The molecule has 1 aliphatic rings. The molecule has 0 saturated carbocycles. The first kappa shape index (κ1) is 42.4. The number of nitrogens with zero attached hydrogens (tertiary/aromatic N) is 2. The largest absolute Gasteiger partial charge is 0.384 e. The summed E-state index contributed by atoms with van der Waals surface area (Å²) in [5.74, 6) is 1.28. The van der Waals surface area contributed by atoms with Gasteiger partial charge >= 0.3 is 0 Å². The number of aliphatic imine (C=N–C) groups is 2. The van der Waals surface area contributed by atoms with Crippen LogP contribution in [-0.4, -0.2) is 34.6 Å². The zero-order chi connectivity index (χ0) is 40.5. The smallest absolute Gasteiger partial charge is 0.154 e. The van der Waals surface area contributed by atoms with Crippen LogP contribution in [0.1, 0.15) is 42.4 Å². The number of halogens is 2. The van der Waals surface area contributed by atoms with E-state index in [1.165, 1.54) is 16.3 Å². The molecule has 1 unspecified atom stereocenters. The van der Waals surface area contributed by atoms with Crippen LogP contribution in [0.3, 0.4) is 0 Å². The summed E-state index contributed by atoms with van der Waals surface area (Å²) in [5.41, 5.74) is 22.1. The monoisotopic (exact) mass is 986 g/mol. The third-order valence-electron chi connectivity index (χ3n) is 9.65. The molecule has 0 bridgehead atoms. The molecule has 0 saturated heterocycles. The summed E-state index contributed by atoms with van der Waals surface area (Å²) in [6.45, 7) is 0.681. The highest BCUT2D eigenvalue weighted by Gasteiger charge is 2.17. The minimum atomic E-state index is -0.471. The Morgan fingerprint density at radius 1 is 0.828 bits per heavy atom. The van der Waals surface area contributed by atoms with E-state index in [0.29, 0.717) is 24.6 Å². The maximum Gasteiger partial charge on any atom is 0.154 e. The Morgan fingerprint density at radius 3 is 2.36 bits per heavy atom. The molecular formula is C50H48I2N6. The third kappa shape index (κ3) is 11.7. The predicted octanol–water partition coefficient (Wildman–Crippen LogP) is 12.1. The van der Waals surface area contributed by atoms with Crippen LogP contribution >= 0.6 is 45.2 Å². The van der Waals surface area contributed by atoms with E-state index in [9.17, 15) is 0 Å². The van der Waals surface area contributed by atoms with Gasteiger partial charge in [0.05, 0.1) is 0 Å². The van der Waals surface area contributed by atoms with Gasteiger partial charge in [0.25, 0.3) is 0 Å². The molecule has 1 aliphatic carbocycles. The van der Waals surface area contributed by atoms with Crippen molar-refractivity contribution < 1.29 is 0 Å². The molecule has 0 radical (unpaired) electrons. The number of nitrogens with two attached hydrogens (primary N) is 2. The van der Waals surface area contributed by atoms with Crippen LogP contribution in [-0.2, 0) is 0 Å². The van der Waals surface area contributed by atoms with Crippen molar-refractivity contribution in [2.45, 2.75) is 31.8 Å². The van der Waals surface area contributed by atoms with Crippen LogP contribution in [0.25, 0.3) is 38.6 Å². The van der Waals surface area contributed by atoms with Crippen molar-refractivity contribution in [2.24, 2.45) is 21.5 Å². The second kappa shape index (κ2) is 22.1. The van der Waals surface area contributed by atoms with Crippen molar-refractivity contribution in [1.82, 2.24) is 5.32 Å². The summed E-state index contributed by atoms with van der Waals surface area (Å²) in [7, 11) is 0. The fraction of sp³-hybridized carbons (Fsp3) is 0.140. The molecule has 292 valence electrons. The van der Waals surface area contributed by atoms with Gasteiger partial charge in [-0.2, -0.15) is 0 Å². The van der Waals surface area contributed by atoms with Crippen molar-refractivity contribution in [3.63, 3.8) is 0 Å². The number of hydrogen-bond donors (Lipinski definition) is 4. The second-order valence-corrected chi connectivity index (χ2v) is 15.4. The minimum Gasteiger partial charge on any atom is -0.384 e. The van der Waals surface area contributed by atoms with E-state index in [1.54, 1.807) is 6.08 Å². The Labute approximate surface area is 369 Å². The molecular weight excluding hydrogens is 938 g/mol. The lowest BCUT2D eigenvalue weighted by atomic mass is 9.86. The molecule has 8 heteroatoms. The lowest BCUT2D eigenvalue weighted by molar-refractivity contribution is 0.722. The van der Waals surface area contributed by atoms with Gasteiger partial charge in [0.1, 0.15) is 17.8 Å². The summed E-state index contributed by atoms with van der Waals surface area (Å²) in [6, 6.07) is 39.7. The molecule has 5 aromatic carbocycles. The van der Waals surface area contributed by atoms with Gasteiger partial charge in [0.2, 0.25) is 0 Å². The van der Waals surface area contributed by atoms with E-state index in [4.69, 9.17) is 21.9 Å². The van der Waals surface area contributed by atoms with Crippen molar-refractivity contribution >= 4 is 79.0 Å². The lowest BCUT2D eigenvalue weighted by Crippen LogP contribution is -2.28. The zero-order valence-electron chi connectivity index (χ0n) is 32.4. The van der Waals surface area contributed by atoms with E-state index >= 15 is 0 Å². The van der Waals surface area contributed by atoms with E-state index in [-0.39, 0.29) is 5.84 Å². The molecule has 0 amide bonds. The molecule has 0 heterocycles. The second-order valence-electron chi connectivity index (χ2n) is 13.7. The molecule has 58 heavy (non-hydrogen) atoms. The summed E-state index contributed by atoms with van der Waals surface area (Å²) in [6.07, 6.45) is 21.5. The summed E-state index contributed by atoms with van der Waals surface area (Å²) in [5, 5.41) is 15.0. The van der Waals surface area contributed by atoms with Gasteiger partial charge in [-0.25, -0.2) is 9.98 Å². The Morgan fingerprint density at radius 2 is 1.59 bits per heavy atom. The molecule has 0 aromatic heterocycles. The number of allylic oxidation sites excluding steroid dienone is 8.